The number of nitro groups is 1. The van der Waals surface area contributed by atoms with Gasteiger partial charge < -0.3 is 10.5 Å². The van der Waals surface area contributed by atoms with Crippen LogP contribution in [0.5, 0.6) is 5.75 Å². The fraction of sp³-hybridized carbons (Fsp3) is 0.538. The molecule has 1 aliphatic rings. The van der Waals surface area contributed by atoms with E-state index in [1.54, 1.807) is 6.92 Å². The summed E-state index contributed by atoms with van der Waals surface area (Å²) in [5, 5.41) is 10.9. The highest BCUT2D eigenvalue weighted by atomic mass is 19.1. The molecular weight excluding hydrogens is 251 g/mol. The molecule has 0 spiro atoms. The molecule has 1 aromatic rings. The minimum Gasteiger partial charge on any atom is -0.483 e. The third kappa shape index (κ3) is 3.20. The molecule has 1 saturated carbocycles. The lowest BCUT2D eigenvalue weighted by Crippen LogP contribution is -2.33. The van der Waals surface area contributed by atoms with E-state index < -0.39 is 10.7 Å². The topological polar surface area (TPSA) is 78.4 Å². The first-order valence-corrected chi connectivity index (χ1v) is 6.34. The summed E-state index contributed by atoms with van der Waals surface area (Å²) in [5.74, 6) is -0.470. The van der Waals surface area contributed by atoms with E-state index in [0.29, 0.717) is 12.0 Å². The molecule has 1 fully saturated rings. The van der Waals surface area contributed by atoms with Crippen molar-refractivity contribution in [3.05, 3.63) is 33.6 Å². The number of nitrogens with two attached hydrogens (primary N) is 1. The Hall–Kier alpha value is -1.69. The van der Waals surface area contributed by atoms with Crippen molar-refractivity contribution >= 4 is 5.69 Å². The first-order chi connectivity index (χ1) is 8.97. The number of hydrogen-bond acceptors (Lipinski definition) is 4. The smallest absolute Gasteiger partial charge is 0.313 e. The molecule has 0 aromatic heterocycles. The Morgan fingerprint density at radius 2 is 2.21 bits per heavy atom. The van der Waals surface area contributed by atoms with Crippen molar-refractivity contribution in [1.29, 1.82) is 0 Å². The van der Waals surface area contributed by atoms with Gasteiger partial charge in [-0.05, 0) is 44.2 Å². The van der Waals surface area contributed by atoms with E-state index in [-0.39, 0.29) is 23.6 Å². The SMILES string of the molecule is Cc1cc(OC2CCCC(N)C2)c([N+](=O)[O-])cc1F. The summed E-state index contributed by atoms with van der Waals surface area (Å²) in [6.45, 7) is 1.55. The largest absolute Gasteiger partial charge is 0.483 e. The fourth-order valence-electron chi connectivity index (χ4n) is 2.35. The van der Waals surface area contributed by atoms with Crippen LogP contribution in [-0.4, -0.2) is 17.1 Å². The van der Waals surface area contributed by atoms with Gasteiger partial charge in [0.2, 0.25) is 0 Å². The number of nitro benzene ring substituents is 1. The van der Waals surface area contributed by atoms with Gasteiger partial charge in [-0.1, -0.05) is 0 Å². The maximum absolute atomic E-state index is 13.4. The molecule has 5 nitrogen and oxygen atoms in total. The van der Waals surface area contributed by atoms with Gasteiger partial charge in [0.1, 0.15) is 11.9 Å². The van der Waals surface area contributed by atoms with Crippen molar-refractivity contribution in [2.75, 3.05) is 0 Å². The van der Waals surface area contributed by atoms with Crippen LogP contribution in [0.3, 0.4) is 0 Å². The van der Waals surface area contributed by atoms with E-state index in [1.807, 2.05) is 0 Å². The highest BCUT2D eigenvalue weighted by Gasteiger charge is 2.25. The summed E-state index contributed by atoms with van der Waals surface area (Å²) < 4.78 is 19.0. The molecule has 1 aliphatic carbocycles. The Labute approximate surface area is 110 Å². The van der Waals surface area contributed by atoms with Gasteiger partial charge in [-0.2, -0.15) is 0 Å². The van der Waals surface area contributed by atoms with Crippen LogP contribution >= 0.6 is 0 Å². The van der Waals surface area contributed by atoms with Crippen LogP contribution in [0, 0.1) is 22.9 Å². The van der Waals surface area contributed by atoms with Crippen LogP contribution in [0.2, 0.25) is 0 Å². The van der Waals surface area contributed by atoms with Crippen LogP contribution < -0.4 is 10.5 Å². The van der Waals surface area contributed by atoms with E-state index >= 15 is 0 Å². The highest BCUT2D eigenvalue weighted by molar-refractivity contribution is 5.49. The molecule has 1 aromatic carbocycles. The molecule has 0 bridgehead atoms. The standard InChI is InChI=1S/C13H17FN2O3/c1-8-5-13(12(16(17)18)7-11(8)14)19-10-4-2-3-9(15)6-10/h5,7,9-10H,2-4,6,15H2,1H3. The minimum absolute atomic E-state index is 0.0688. The Kier molecular flexibility index (Phi) is 3.99. The molecule has 0 heterocycles. The number of ether oxygens (including phenoxy) is 1. The second kappa shape index (κ2) is 5.52. The third-order valence-corrected chi connectivity index (χ3v) is 3.40. The molecule has 0 radical (unpaired) electrons. The summed E-state index contributed by atoms with van der Waals surface area (Å²) in [5.41, 5.74) is 5.86. The van der Waals surface area contributed by atoms with Crippen molar-refractivity contribution in [3.63, 3.8) is 0 Å². The average Bonchev–Trinajstić information content (AvgIpc) is 2.33. The van der Waals surface area contributed by atoms with E-state index in [4.69, 9.17) is 10.5 Å². The number of nitrogens with zero attached hydrogens (tertiary/aromatic N) is 1. The van der Waals surface area contributed by atoms with Crippen LogP contribution in [0.4, 0.5) is 10.1 Å². The maximum Gasteiger partial charge on any atom is 0.313 e. The molecule has 0 saturated heterocycles. The summed E-state index contributed by atoms with van der Waals surface area (Å²) in [7, 11) is 0. The highest BCUT2D eigenvalue weighted by Crippen LogP contribution is 2.32. The summed E-state index contributed by atoms with van der Waals surface area (Å²) in [6.07, 6.45) is 3.26. The van der Waals surface area contributed by atoms with Crippen LogP contribution in [-0.2, 0) is 0 Å². The number of hydrogen-bond donors (Lipinski definition) is 1. The zero-order valence-corrected chi connectivity index (χ0v) is 10.8. The van der Waals surface area contributed by atoms with Crippen molar-refractivity contribution < 1.29 is 14.1 Å². The quantitative estimate of drug-likeness (QED) is 0.675. The molecule has 2 atom stereocenters. The van der Waals surface area contributed by atoms with Gasteiger partial charge in [0.25, 0.3) is 0 Å². The Morgan fingerprint density at radius 3 is 2.84 bits per heavy atom. The number of benzene rings is 1. The van der Waals surface area contributed by atoms with Gasteiger partial charge in [-0.3, -0.25) is 10.1 Å². The first-order valence-electron chi connectivity index (χ1n) is 6.34. The Morgan fingerprint density at radius 1 is 1.47 bits per heavy atom. The molecule has 19 heavy (non-hydrogen) atoms. The second-order valence-corrected chi connectivity index (χ2v) is 4.99. The summed E-state index contributed by atoms with van der Waals surface area (Å²) in [4.78, 5) is 10.3. The third-order valence-electron chi connectivity index (χ3n) is 3.40. The van der Waals surface area contributed by atoms with Crippen LogP contribution in [0.15, 0.2) is 12.1 Å². The van der Waals surface area contributed by atoms with Crippen molar-refractivity contribution in [1.82, 2.24) is 0 Å². The molecule has 0 aliphatic heterocycles. The molecule has 6 heteroatoms. The van der Waals surface area contributed by atoms with Gasteiger partial charge in [-0.25, -0.2) is 4.39 Å². The van der Waals surface area contributed by atoms with E-state index in [9.17, 15) is 14.5 Å². The molecular formula is C13H17FN2O3. The van der Waals surface area contributed by atoms with E-state index in [1.165, 1.54) is 6.07 Å². The lowest BCUT2D eigenvalue weighted by molar-refractivity contribution is -0.386. The minimum atomic E-state index is -0.624. The first kappa shape index (κ1) is 13.7. The lowest BCUT2D eigenvalue weighted by Gasteiger charge is -2.27. The van der Waals surface area contributed by atoms with Gasteiger partial charge >= 0.3 is 5.69 Å². The van der Waals surface area contributed by atoms with Gasteiger partial charge in [-0.15, -0.1) is 0 Å². The van der Waals surface area contributed by atoms with E-state index in [0.717, 1.165) is 25.3 Å². The van der Waals surface area contributed by atoms with Crippen molar-refractivity contribution in [2.45, 2.75) is 44.8 Å². The number of aryl methyl sites for hydroxylation is 1. The predicted octanol–water partition coefficient (Wildman–Crippen LogP) is 2.69. The molecule has 0 amide bonds. The van der Waals surface area contributed by atoms with Gasteiger partial charge in [0.05, 0.1) is 11.0 Å². The molecule has 2 unspecified atom stereocenters. The zero-order chi connectivity index (χ0) is 14.0. The van der Waals surface area contributed by atoms with Crippen LogP contribution in [0.25, 0.3) is 0 Å². The van der Waals surface area contributed by atoms with Crippen molar-refractivity contribution in [3.8, 4) is 5.75 Å². The van der Waals surface area contributed by atoms with Gasteiger partial charge in [0, 0.05) is 6.04 Å². The van der Waals surface area contributed by atoms with E-state index in [2.05, 4.69) is 0 Å². The van der Waals surface area contributed by atoms with Crippen LogP contribution in [0.1, 0.15) is 31.2 Å². The molecule has 2 rings (SSSR count). The fourth-order valence-corrected chi connectivity index (χ4v) is 2.35. The number of halogens is 1. The molecule has 104 valence electrons. The average molecular weight is 268 g/mol. The lowest BCUT2D eigenvalue weighted by atomic mass is 9.93. The normalized spacial score (nSPS) is 23.1. The maximum atomic E-state index is 13.4. The zero-order valence-electron chi connectivity index (χ0n) is 10.8. The second-order valence-electron chi connectivity index (χ2n) is 4.99. The predicted molar refractivity (Wildman–Crippen MR) is 68.7 cm³/mol. The monoisotopic (exact) mass is 268 g/mol. The Balaban J connectivity index is 2.23. The summed E-state index contributed by atoms with van der Waals surface area (Å²) >= 11 is 0. The molecule has 2 N–H and O–H groups in total. The van der Waals surface area contributed by atoms with Gasteiger partial charge in [0.15, 0.2) is 5.75 Å². The summed E-state index contributed by atoms with van der Waals surface area (Å²) in [6, 6.07) is 2.36. The number of rotatable bonds is 3. The Bertz CT molecular complexity index is 493. The van der Waals surface area contributed by atoms with Crippen molar-refractivity contribution in [2.24, 2.45) is 5.73 Å².